The van der Waals surface area contributed by atoms with Gasteiger partial charge in [-0.1, -0.05) is 48.5 Å². The molecule has 1 unspecified atom stereocenters. The summed E-state index contributed by atoms with van der Waals surface area (Å²) in [7, 11) is 0. The minimum absolute atomic E-state index is 0.0850. The summed E-state index contributed by atoms with van der Waals surface area (Å²) in [5, 5.41) is 14.4. The SMILES string of the molecule is CC(CC(=O)O)NC(=O)C1(NC(=O)OCC2c3ccccc3-c3ccccc32)CCOCC1. The van der Waals surface area contributed by atoms with Gasteiger partial charge in [-0.05, 0) is 29.2 Å². The van der Waals surface area contributed by atoms with Gasteiger partial charge in [-0.3, -0.25) is 9.59 Å². The van der Waals surface area contributed by atoms with Crippen LogP contribution in [0, 0.1) is 0 Å². The van der Waals surface area contributed by atoms with Gasteiger partial charge in [-0.25, -0.2) is 4.79 Å². The lowest BCUT2D eigenvalue weighted by Gasteiger charge is -2.36. The second-order valence-electron chi connectivity index (χ2n) is 8.62. The molecule has 0 radical (unpaired) electrons. The topological polar surface area (TPSA) is 114 Å². The molecule has 8 heteroatoms. The third kappa shape index (κ3) is 4.85. The molecule has 2 aromatic rings. The third-order valence-corrected chi connectivity index (χ3v) is 6.32. The predicted octanol–water partition coefficient (Wildman–Crippen LogP) is 3.05. The fraction of sp³-hybridized carbons (Fsp3) is 0.400. The average molecular weight is 453 g/mol. The van der Waals surface area contributed by atoms with Gasteiger partial charge in [-0.15, -0.1) is 0 Å². The van der Waals surface area contributed by atoms with E-state index >= 15 is 0 Å². The van der Waals surface area contributed by atoms with Crippen LogP contribution in [0.3, 0.4) is 0 Å². The molecule has 0 aromatic heterocycles. The highest BCUT2D eigenvalue weighted by atomic mass is 16.5. The van der Waals surface area contributed by atoms with E-state index in [2.05, 4.69) is 22.8 Å². The molecule has 0 bridgehead atoms. The highest BCUT2D eigenvalue weighted by Gasteiger charge is 2.42. The Bertz CT molecular complexity index is 1000. The van der Waals surface area contributed by atoms with Gasteiger partial charge in [0.1, 0.15) is 12.1 Å². The van der Waals surface area contributed by atoms with Crippen molar-refractivity contribution in [3.05, 3.63) is 59.7 Å². The quantitative estimate of drug-likeness (QED) is 0.595. The third-order valence-electron chi connectivity index (χ3n) is 6.32. The molecule has 2 amide bonds. The molecule has 174 valence electrons. The highest BCUT2D eigenvalue weighted by molar-refractivity contribution is 5.90. The summed E-state index contributed by atoms with van der Waals surface area (Å²) in [6.07, 6.45) is -0.325. The standard InChI is InChI=1S/C25H28N2O6/c1-16(14-22(28)29)26-23(30)25(10-12-32-13-11-25)27-24(31)33-15-21-19-8-4-2-6-17(19)18-7-3-5-9-20(18)21/h2-9,16,21H,10-15H2,1H3,(H,26,30)(H,27,31)(H,28,29). The largest absolute Gasteiger partial charge is 0.481 e. The van der Waals surface area contributed by atoms with Crippen LogP contribution in [0.5, 0.6) is 0 Å². The number of benzene rings is 2. The van der Waals surface area contributed by atoms with Crippen LogP contribution in [0.15, 0.2) is 48.5 Å². The Balaban J connectivity index is 1.44. The zero-order valence-corrected chi connectivity index (χ0v) is 18.5. The lowest BCUT2D eigenvalue weighted by molar-refractivity contribution is -0.138. The number of hydrogen-bond donors (Lipinski definition) is 3. The van der Waals surface area contributed by atoms with Crippen molar-refractivity contribution < 1.29 is 29.0 Å². The maximum atomic E-state index is 13.0. The average Bonchev–Trinajstić information content (AvgIpc) is 3.11. The van der Waals surface area contributed by atoms with Crippen molar-refractivity contribution in [2.75, 3.05) is 19.8 Å². The first-order chi connectivity index (χ1) is 15.9. The number of hydrogen-bond acceptors (Lipinski definition) is 5. The fourth-order valence-electron chi connectivity index (χ4n) is 4.63. The first-order valence-electron chi connectivity index (χ1n) is 11.1. The van der Waals surface area contributed by atoms with Gasteiger partial charge in [0.15, 0.2) is 0 Å². The van der Waals surface area contributed by atoms with Crippen molar-refractivity contribution in [3.63, 3.8) is 0 Å². The molecule has 1 saturated heterocycles. The van der Waals surface area contributed by atoms with E-state index in [0.717, 1.165) is 22.3 Å². The number of amides is 2. The summed E-state index contributed by atoms with van der Waals surface area (Å²) >= 11 is 0. The molecule has 1 aliphatic heterocycles. The molecule has 2 aromatic carbocycles. The Morgan fingerprint density at radius 3 is 2.21 bits per heavy atom. The number of rotatable bonds is 7. The van der Waals surface area contributed by atoms with Gasteiger partial charge in [-0.2, -0.15) is 0 Å². The zero-order chi connectivity index (χ0) is 23.4. The molecule has 3 N–H and O–H groups in total. The number of nitrogens with one attached hydrogen (secondary N) is 2. The van der Waals surface area contributed by atoms with E-state index in [1.807, 2.05) is 36.4 Å². The normalized spacial score (nSPS) is 17.4. The Labute approximate surface area is 192 Å². The van der Waals surface area contributed by atoms with E-state index in [0.29, 0.717) is 13.2 Å². The van der Waals surface area contributed by atoms with Crippen LogP contribution in [-0.2, 0) is 19.1 Å². The van der Waals surface area contributed by atoms with Crippen LogP contribution in [0.4, 0.5) is 4.79 Å². The fourth-order valence-corrected chi connectivity index (χ4v) is 4.63. The summed E-state index contributed by atoms with van der Waals surface area (Å²) in [6.45, 7) is 2.38. The molecular weight excluding hydrogens is 424 g/mol. The molecule has 0 spiro atoms. The van der Waals surface area contributed by atoms with E-state index in [9.17, 15) is 14.4 Å². The monoisotopic (exact) mass is 452 g/mol. The molecule has 8 nitrogen and oxygen atoms in total. The first-order valence-corrected chi connectivity index (χ1v) is 11.1. The minimum atomic E-state index is -1.20. The number of carboxylic acids is 1. The molecule has 1 aliphatic carbocycles. The Morgan fingerprint density at radius 1 is 1.06 bits per heavy atom. The highest BCUT2D eigenvalue weighted by Crippen LogP contribution is 2.44. The summed E-state index contributed by atoms with van der Waals surface area (Å²) in [5.41, 5.74) is 3.28. The van der Waals surface area contributed by atoms with E-state index in [1.165, 1.54) is 0 Å². The van der Waals surface area contributed by atoms with Gasteiger partial charge in [0, 0.05) is 38.0 Å². The lowest BCUT2D eigenvalue weighted by atomic mass is 9.88. The van der Waals surface area contributed by atoms with Crippen LogP contribution in [-0.4, -0.2) is 54.5 Å². The predicted molar refractivity (Wildman–Crippen MR) is 121 cm³/mol. The number of ether oxygens (including phenoxy) is 2. The lowest BCUT2D eigenvalue weighted by Crippen LogP contribution is -2.62. The molecule has 2 aliphatic rings. The summed E-state index contributed by atoms with van der Waals surface area (Å²) in [4.78, 5) is 36.8. The maximum Gasteiger partial charge on any atom is 0.408 e. The van der Waals surface area contributed by atoms with Gasteiger partial charge >= 0.3 is 12.1 Å². The number of carbonyl (C=O) groups is 3. The summed E-state index contributed by atoms with van der Waals surface area (Å²) in [5.74, 6) is -1.51. The molecular formula is C25H28N2O6. The van der Waals surface area contributed by atoms with Crippen molar-refractivity contribution in [1.82, 2.24) is 10.6 Å². The molecule has 1 fully saturated rings. The van der Waals surface area contributed by atoms with Crippen LogP contribution in [0.25, 0.3) is 11.1 Å². The van der Waals surface area contributed by atoms with E-state index in [1.54, 1.807) is 6.92 Å². The number of fused-ring (bicyclic) bond motifs is 3. The van der Waals surface area contributed by atoms with Crippen LogP contribution in [0.2, 0.25) is 0 Å². The summed E-state index contributed by atoms with van der Waals surface area (Å²) < 4.78 is 11.0. The number of aliphatic carboxylic acids is 1. The van der Waals surface area contributed by atoms with E-state index in [-0.39, 0.29) is 31.8 Å². The van der Waals surface area contributed by atoms with E-state index < -0.39 is 29.6 Å². The Morgan fingerprint density at radius 2 is 1.64 bits per heavy atom. The van der Waals surface area contributed by atoms with Gasteiger partial charge in [0.2, 0.25) is 5.91 Å². The van der Waals surface area contributed by atoms with Crippen LogP contribution in [0.1, 0.15) is 43.2 Å². The number of carboxylic acid groups (broad SMARTS) is 1. The molecule has 33 heavy (non-hydrogen) atoms. The van der Waals surface area contributed by atoms with E-state index in [4.69, 9.17) is 14.6 Å². The van der Waals surface area contributed by atoms with Crippen molar-refractivity contribution in [2.45, 2.75) is 43.7 Å². The second kappa shape index (κ2) is 9.62. The van der Waals surface area contributed by atoms with Crippen molar-refractivity contribution >= 4 is 18.0 Å². The van der Waals surface area contributed by atoms with Crippen molar-refractivity contribution in [3.8, 4) is 11.1 Å². The van der Waals surface area contributed by atoms with Gasteiger partial charge in [0.05, 0.1) is 6.42 Å². The number of carbonyl (C=O) groups excluding carboxylic acids is 2. The minimum Gasteiger partial charge on any atom is -0.481 e. The second-order valence-corrected chi connectivity index (χ2v) is 8.62. The van der Waals surface area contributed by atoms with Crippen LogP contribution < -0.4 is 10.6 Å². The number of alkyl carbamates (subject to hydrolysis) is 1. The zero-order valence-electron chi connectivity index (χ0n) is 18.5. The molecule has 0 saturated carbocycles. The van der Waals surface area contributed by atoms with Crippen molar-refractivity contribution in [2.24, 2.45) is 0 Å². The van der Waals surface area contributed by atoms with Gasteiger partial charge in [0.25, 0.3) is 0 Å². The summed E-state index contributed by atoms with van der Waals surface area (Å²) in [6, 6.07) is 15.6. The van der Waals surface area contributed by atoms with Crippen molar-refractivity contribution in [1.29, 1.82) is 0 Å². The molecule has 4 rings (SSSR count). The molecule has 1 atom stereocenters. The molecule has 1 heterocycles. The van der Waals surface area contributed by atoms with Gasteiger partial charge < -0.3 is 25.2 Å². The smallest absolute Gasteiger partial charge is 0.408 e. The Kier molecular flexibility index (Phi) is 6.65. The Hall–Kier alpha value is -3.39. The van der Waals surface area contributed by atoms with Crippen LogP contribution >= 0.6 is 0 Å². The maximum absolute atomic E-state index is 13.0. The first kappa shape index (κ1) is 22.8.